The van der Waals surface area contributed by atoms with Gasteiger partial charge in [0.1, 0.15) is 0 Å². The molecule has 0 atom stereocenters. The maximum Gasteiger partial charge on any atom is 0.337 e. The van der Waals surface area contributed by atoms with Crippen molar-refractivity contribution >= 4 is 33.6 Å². The van der Waals surface area contributed by atoms with Crippen LogP contribution in [0.3, 0.4) is 0 Å². The molecule has 0 unspecified atom stereocenters. The molecule has 116 valence electrons. The van der Waals surface area contributed by atoms with E-state index in [1.165, 1.54) is 10.8 Å². The molecule has 1 aromatic heterocycles. The highest BCUT2D eigenvalue weighted by atomic mass is 16.4. The van der Waals surface area contributed by atoms with E-state index in [0.29, 0.717) is 16.5 Å². The van der Waals surface area contributed by atoms with Gasteiger partial charge in [-0.05, 0) is 29.0 Å². The van der Waals surface area contributed by atoms with Crippen LogP contribution in [0.4, 0.5) is 0 Å². The highest BCUT2D eigenvalue weighted by Gasteiger charge is 2.18. The van der Waals surface area contributed by atoms with Crippen LogP contribution in [0.2, 0.25) is 0 Å². The Kier molecular flexibility index (Phi) is 3.17. The fourth-order valence-corrected chi connectivity index (χ4v) is 2.98. The smallest absolute Gasteiger partial charge is 0.337 e. The van der Waals surface area contributed by atoms with E-state index in [0.717, 1.165) is 10.8 Å². The number of para-hydroxylation sites is 1. The summed E-state index contributed by atoms with van der Waals surface area (Å²) < 4.78 is 1.41. The molecule has 4 nitrogen and oxygen atoms in total. The summed E-state index contributed by atoms with van der Waals surface area (Å²) >= 11 is 0. The van der Waals surface area contributed by atoms with Crippen LogP contribution < -0.4 is 0 Å². The maximum atomic E-state index is 12.9. The number of nitrogens with zero attached hydrogens (tertiary/aromatic N) is 1. The number of aromatic carboxylic acids is 1. The minimum absolute atomic E-state index is 0.125. The average molecular weight is 315 g/mol. The molecule has 0 radical (unpaired) electrons. The monoisotopic (exact) mass is 315 g/mol. The lowest BCUT2D eigenvalue weighted by molar-refractivity contribution is 0.0699. The number of hydrogen-bond acceptors (Lipinski definition) is 2. The van der Waals surface area contributed by atoms with Crippen molar-refractivity contribution in [2.75, 3.05) is 0 Å². The van der Waals surface area contributed by atoms with Gasteiger partial charge in [0.2, 0.25) is 0 Å². The molecule has 1 heterocycles. The number of fused-ring (bicyclic) bond motifs is 2. The van der Waals surface area contributed by atoms with E-state index in [2.05, 4.69) is 0 Å². The van der Waals surface area contributed by atoms with E-state index < -0.39 is 5.97 Å². The molecule has 3 aromatic carbocycles. The van der Waals surface area contributed by atoms with Crippen molar-refractivity contribution in [2.45, 2.75) is 0 Å². The third-order valence-electron chi connectivity index (χ3n) is 4.16. The lowest BCUT2D eigenvalue weighted by atomic mass is 10.1. The van der Waals surface area contributed by atoms with Crippen molar-refractivity contribution in [3.63, 3.8) is 0 Å². The Bertz CT molecular complexity index is 1110. The van der Waals surface area contributed by atoms with Crippen molar-refractivity contribution in [2.24, 2.45) is 0 Å². The maximum absolute atomic E-state index is 12.9. The number of carboxylic acid groups (broad SMARTS) is 1. The van der Waals surface area contributed by atoms with Crippen LogP contribution in [0.1, 0.15) is 20.7 Å². The molecule has 4 rings (SSSR count). The molecule has 0 saturated heterocycles. The molecule has 24 heavy (non-hydrogen) atoms. The van der Waals surface area contributed by atoms with Gasteiger partial charge in [-0.3, -0.25) is 9.36 Å². The summed E-state index contributed by atoms with van der Waals surface area (Å²) in [7, 11) is 0. The molecule has 0 amide bonds. The van der Waals surface area contributed by atoms with Gasteiger partial charge in [0.15, 0.2) is 0 Å². The summed E-state index contributed by atoms with van der Waals surface area (Å²) in [5, 5.41) is 11.9. The van der Waals surface area contributed by atoms with Gasteiger partial charge in [-0.1, -0.05) is 48.5 Å². The van der Waals surface area contributed by atoms with Gasteiger partial charge >= 0.3 is 5.97 Å². The second kappa shape index (κ2) is 5.35. The summed E-state index contributed by atoms with van der Waals surface area (Å²) in [4.78, 5) is 24.3. The quantitative estimate of drug-likeness (QED) is 0.603. The Balaban J connectivity index is 1.90. The number of carbonyl (C=O) groups excluding carboxylic acids is 1. The Morgan fingerprint density at radius 3 is 2.33 bits per heavy atom. The third-order valence-corrected chi connectivity index (χ3v) is 4.16. The van der Waals surface area contributed by atoms with Gasteiger partial charge in [-0.15, -0.1) is 0 Å². The van der Waals surface area contributed by atoms with E-state index in [4.69, 9.17) is 0 Å². The van der Waals surface area contributed by atoms with Crippen LogP contribution >= 0.6 is 0 Å². The second-order valence-corrected chi connectivity index (χ2v) is 5.60. The molecule has 0 saturated carbocycles. The van der Waals surface area contributed by atoms with Crippen LogP contribution in [-0.2, 0) is 0 Å². The second-order valence-electron chi connectivity index (χ2n) is 5.60. The minimum atomic E-state index is -1.05. The van der Waals surface area contributed by atoms with Crippen molar-refractivity contribution in [3.05, 3.63) is 84.1 Å². The van der Waals surface area contributed by atoms with Crippen LogP contribution in [-0.4, -0.2) is 21.6 Å². The Morgan fingerprint density at radius 2 is 1.54 bits per heavy atom. The Morgan fingerprint density at radius 1 is 0.833 bits per heavy atom. The third kappa shape index (κ3) is 2.16. The first-order chi connectivity index (χ1) is 11.6. The van der Waals surface area contributed by atoms with E-state index >= 15 is 0 Å². The number of benzene rings is 3. The number of hydrogen-bond donors (Lipinski definition) is 1. The van der Waals surface area contributed by atoms with Crippen LogP contribution in [0.15, 0.2) is 72.9 Å². The molecular formula is C20H13NO3. The molecular weight excluding hydrogens is 302 g/mol. The van der Waals surface area contributed by atoms with Crippen LogP contribution in [0.5, 0.6) is 0 Å². The predicted octanol–water partition coefficient (Wildman–Crippen LogP) is 4.18. The topological polar surface area (TPSA) is 59.3 Å². The zero-order valence-electron chi connectivity index (χ0n) is 12.6. The first-order valence-corrected chi connectivity index (χ1v) is 7.52. The highest BCUT2D eigenvalue weighted by molar-refractivity contribution is 6.10. The molecule has 4 heteroatoms. The summed E-state index contributed by atoms with van der Waals surface area (Å²) in [6, 6.07) is 20.3. The van der Waals surface area contributed by atoms with Crippen molar-refractivity contribution in [3.8, 4) is 0 Å². The van der Waals surface area contributed by atoms with Gasteiger partial charge in [-0.25, -0.2) is 4.79 Å². The van der Waals surface area contributed by atoms with Gasteiger partial charge < -0.3 is 5.11 Å². The van der Waals surface area contributed by atoms with Crippen molar-refractivity contribution < 1.29 is 14.7 Å². The fourth-order valence-electron chi connectivity index (χ4n) is 2.98. The van der Waals surface area contributed by atoms with E-state index in [1.54, 1.807) is 30.3 Å². The molecule has 0 spiro atoms. The molecule has 0 aliphatic heterocycles. The lowest BCUT2D eigenvalue weighted by Crippen LogP contribution is -2.10. The molecule has 0 aliphatic carbocycles. The SMILES string of the molecule is O=C(O)c1cn(C(=O)c2ccc3ccccc3c2)c2ccccc12. The molecule has 0 bridgehead atoms. The number of aromatic nitrogens is 1. The Labute approximate surface area is 137 Å². The first kappa shape index (κ1) is 14.2. The van der Waals surface area contributed by atoms with Crippen molar-refractivity contribution in [1.82, 2.24) is 4.57 Å². The van der Waals surface area contributed by atoms with E-state index in [1.807, 2.05) is 36.4 Å². The Hall–Kier alpha value is -3.40. The van der Waals surface area contributed by atoms with E-state index in [-0.39, 0.29) is 11.5 Å². The normalized spacial score (nSPS) is 11.0. The average Bonchev–Trinajstić information content (AvgIpc) is 3.00. The fraction of sp³-hybridized carbons (Fsp3) is 0. The van der Waals surface area contributed by atoms with Gasteiger partial charge in [0.05, 0.1) is 11.1 Å². The summed E-state index contributed by atoms with van der Waals surface area (Å²) in [5.74, 6) is -1.29. The summed E-state index contributed by atoms with van der Waals surface area (Å²) in [6.07, 6.45) is 1.39. The lowest BCUT2D eigenvalue weighted by Gasteiger charge is -2.05. The molecule has 0 aliphatic rings. The molecule has 0 fully saturated rings. The van der Waals surface area contributed by atoms with E-state index in [9.17, 15) is 14.7 Å². The largest absolute Gasteiger partial charge is 0.478 e. The summed E-state index contributed by atoms with van der Waals surface area (Å²) in [6.45, 7) is 0. The van der Waals surface area contributed by atoms with Gasteiger partial charge in [-0.2, -0.15) is 0 Å². The zero-order chi connectivity index (χ0) is 16.7. The van der Waals surface area contributed by atoms with Crippen molar-refractivity contribution in [1.29, 1.82) is 0 Å². The standard InChI is InChI=1S/C20H13NO3/c22-19(15-10-9-13-5-1-2-6-14(13)11-15)21-12-17(20(23)24)16-7-3-4-8-18(16)21/h1-12H,(H,23,24). The number of carboxylic acids is 1. The van der Waals surface area contributed by atoms with Crippen LogP contribution in [0.25, 0.3) is 21.7 Å². The highest BCUT2D eigenvalue weighted by Crippen LogP contribution is 2.23. The zero-order valence-corrected chi connectivity index (χ0v) is 12.6. The molecule has 1 N–H and O–H groups in total. The molecule has 4 aromatic rings. The van der Waals surface area contributed by atoms with Crippen LogP contribution in [0, 0.1) is 0 Å². The first-order valence-electron chi connectivity index (χ1n) is 7.52. The number of carbonyl (C=O) groups is 2. The summed E-state index contributed by atoms with van der Waals surface area (Å²) in [5.41, 5.74) is 1.24. The predicted molar refractivity (Wildman–Crippen MR) is 92.6 cm³/mol. The van der Waals surface area contributed by atoms with Gasteiger partial charge in [0.25, 0.3) is 5.91 Å². The van der Waals surface area contributed by atoms with Gasteiger partial charge in [0, 0.05) is 17.1 Å². The minimum Gasteiger partial charge on any atom is -0.478 e. The number of rotatable bonds is 2.